The Morgan fingerprint density at radius 1 is 0.686 bits per heavy atom. The van der Waals surface area contributed by atoms with Crippen LogP contribution in [-0.4, -0.2) is 62.3 Å². The number of furan rings is 1. The Labute approximate surface area is 290 Å². The van der Waals surface area contributed by atoms with E-state index in [1.165, 1.54) is 6.33 Å². The van der Waals surface area contributed by atoms with Gasteiger partial charge < -0.3 is 23.4 Å². The van der Waals surface area contributed by atoms with Crippen LogP contribution in [0.3, 0.4) is 0 Å². The summed E-state index contributed by atoms with van der Waals surface area (Å²) in [5, 5.41) is 0.600. The lowest BCUT2D eigenvalue weighted by molar-refractivity contribution is -0.0588. The molecule has 0 aliphatic carbocycles. The fourth-order valence-electron chi connectivity index (χ4n) is 6.22. The van der Waals surface area contributed by atoms with Crippen molar-refractivity contribution in [1.82, 2.24) is 19.5 Å². The first-order valence-electron chi connectivity index (χ1n) is 16.1. The quantitative estimate of drug-likeness (QED) is 0.123. The number of rotatable bonds is 9. The van der Waals surface area contributed by atoms with Crippen molar-refractivity contribution in [2.75, 3.05) is 6.61 Å². The van der Waals surface area contributed by atoms with Crippen molar-refractivity contribution in [2.24, 2.45) is 0 Å². The molecular formula is C39H28N4O8. The number of benzene rings is 3. The Kier molecular flexibility index (Phi) is 8.48. The average molecular weight is 681 g/mol. The fourth-order valence-corrected chi connectivity index (χ4v) is 6.22. The SMILES string of the molecule is O=C(OC[C@H]1O[C@@H](n2c3cccnc3c3c(-c4ccoc4)ncnc32)[C@H](OC(=O)c2ccccc2)[C@@H]1OC(=O)c1ccccc1)c1ccccc1. The van der Waals surface area contributed by atoms with Crippen molar-refractivity contribution in [1.29, 1.82) is 0 Å². The smallest absolute Gasteiger partial charge is 0.338 e. The number of carbonyl (C=O) groups excluding carboxylic acids is 3. The molecule has 0 saturated carbocycles. The van der Waals surface area contributed by atoms with Gasteiger partial charge in [0.25, 0.3) is 0 Å². The van der Waals surface area contributed by atoms with Crippen LogP contribution in [0.2, 0.25) is 0 Å². The summed E-state index contributed by atoms with van der Waals surface area (Å²) >= 11 is 0. The van der Waals surface area contributed by atoms with Crippen LogP contribution in [0.4, 0.5) is 0 Å². The predicted molar refractivity (Wildman–Crippen MR) is 182 cm³/mol. The van der Waals surface area contributed by atoms with E-state index in [1.54, 1.807) is 126 Å². The van der Waals surface area contributed by atoms with Gasteiger partial charge >= 0.3 is 17.9 Å². The number of hydrogen-bond donors (Lipinski definition) is 0. The van der Waals surface area contributed by atoms with Crippen LogP contribution in [0.25, 0.3) is 33.3 Å². The summed E-state index contributed by atoms with van der Waals surface area (Å²) < 4.78 is 31.8. The normalized spacial score (nSPS) is 18.4. The molecule has 0 N–H and O–H groups in total. The molecule has 252 valence electrons. The highest BCUT2D eigenvalue weighted by Gasteiger charge is 2.52. The molecular weight excluding hydrogens is 652 g/mol. The van der Waals surface area contributed by atoms with E-state index in [0.29, 0.717) is 38.9 Å². The van der Waals surface area contributed by atoms with Crippen LogP contribution in [0.15, 0.2) is 139 Å². The van der Waals surface area contributed by atoms with Gasteiger partial charge in [0, 0.05) is 11.8 Å². The summed E-state index contributed by atoms with van der Waals surface area (Å²) in [6.45, 7) is -0.332. The molecule has 0 spiro atoms. The van der Waals surface area contributed by atoms with E-state index < -0.39 is 42.4 Å². The van der Waals surface area contributed by atoms with E-state index in [9.17, 15) is 14.4 Å². The van der Waals surface area contributed by atoms with E-state index >= 15 is 0 Å². The third-order valence-electron chi connectivity index (χ3n) is 8.57. The zero-order valence-electron chi connectivity index (χ0n) is 26.8. The minimum atomic E-state index is -1.25. The Bertz CT molecular complexity index is 2330. The van der Waals surface area contributed by atoms with E-state index in [-0.39, 0.29) is 17.7 Å². The second-order valence-corrected chi connectivity index (χ2v) is 11.7. The molecule has 1 aliphatic heterocycles. The number of ether oxygens (including phenoxy) is 4. The number of aromatic nitrogens is 4. The summed E-state index contributed by atoms with van der Waals surface area (Å²) in [7, 11) is 0. The second kappa shape index (κ2) is 13.7. The summed E-state index contributed by atoms with van der Waals surface area (Å²) in [6, 6.07) is 30.7. The van der Waals surface area contributed by atoms with Crippen LogP contribution >= 0.6 is 0 Å². The molecule has 1 saturated heterocycles. The standard InChI is InChI=1S/C39H28N4O8/c44-37(24-11-4-1-5-12-24)48-22-29-33(50-38(45)25-13-6-2-7-14-25)34(51-39(46)26-15-8-3-9-16-26)36(49-29)43-28-17-10-19-40-32(28)30-31(27-18-20-47-21-27)41-23-42-35(30)43/h1-21,23,29,33-34,36H,22H2/t29-,33-,34-,36-/m1/s1. The van der Waals surface area contributed by atoms with Crippen molar-refractivity contribution in [2.45, 2.75) is 24.5 Å². The van der Waals surface area contributed by atoms with Crippen LogP contribution in [-0.2, 0) is 18.9 Å². The van der Waals surface area contributed by atoms with Gasteiger partial charge in [0.2, 0.25) is 0 Å². The molecule has 7 aromatic rings. The molecule has 1 fully saturated rings. The van der Waals surface area contributed by atoms with Gasteiger partial charge in [0.05, 0.1) is 51.3 Å². The molecule has 12 heteroatoms. The zero-order chi connectivity index (χ0) is 34.7. The molecule has 4 aromatic heterocycles. The van der Waals surface area contributed by atoms with Crippen molar-refractivity contribution in [3.05, 3.63) is 151 Å². The molecule has 0 bridgehead atoms. The van der Waals surface area contributed by atoms with Gasteiger partial charge in [-0.05, 0) is 54.6 Å². The van der Waals surface area contributed by atoms with Crippen LogP contribution in [0.1, 0.15) is 37.3 Å². The Balaban J connectivity index is 1.26. The Hall–Kier alpha value is -6.66. The maximum absolute atomic E-state index is 13.8. The van der Waals surface area contributed by atoms with Crippen molar-refractivity contribution >= 4 is 40.0 Å². The van der Waals surface area contributed by atoms with Crippen molar-refractivity contribution in [3.63, 3.8) is 0 Å². The molecule has 0 radical (unpaired) electrons. The van der Waals surface area contributed by atoms with E-state index in [2.05, 4.69) is 15.0 Å². The van der Waals surface area contributed by atoms with Crippen LogP contribution in [0.5, 0.6) is 0 Å². The molecule has 12 nitrogen and oxygen atoms in total. The van der Waals surface area contributed by atoms with Gasteiger partial charge in [-0.15, -0.1) is 0 Å². The highest BCUT2D eigenvalue weighted by atomic mass is 16.7. The number of nitrogens with zero attached hydrogens (tertiary/aromatic N) is 4. The van der Waals surface area contributed by atoms with Crippen molar-refractivity contribution < 1.29 is 37.7 Å². The lowest BCUT2D eigenvalue weighted by atomic mass is 10.1. The summed E-state index contributed by atoms with van der Waals surface area (Å²) in [6.07, 6.45) is 1.47. The van der Waals surface area contributed by atoms with E-state index in [1.807, 2.05) is 6.07 Å². The number of carbonyl (C=O) groups is 3. The predicted octanol–water partition coefficient (Wildman–Crippen LogP) is 6.45. The summed E-state index contributed by atoms with van der Waals surface area (Å²) in [5.74, 6) is -1.96. The van der Waals surface area contributed by atoms with Gasteiger partial charge in [0.15, 0.2) is 18.4 Å². The van der Waals surface area contributed by atoms with Crippen LogP contribution in [0, 0.1) is 0 Å². The van der Waals surface area contributed by atoms with E-state index in [0.717, 1.165) is 0 Å². The Morgan fingerprint density at radius 3 is 1.94 bits per heavy atom. The summed E-state index contributed by atoms with van der Waals surface area (Å²) in [4.78, 5) is 54.3. The first-order valence-corrected chi connectivity index (χ1v) is 16.1. The highest BCUT2D eigenvalue weighted by Crippen LogP contribution is 2.42. The number of fused-ring (bicyclic) bond motifs is 3. The first kappa shape index (κ1) is 31.6. The molecule has 5 heterocycles. The largest absolute Gasteiger partial charge is 0.472 e. The number of pyridine rings is 1. The number of esters is 3. The molecule has 4 atom stereocenters. The highest BCUT2D eigenvalue weighted by molar-refractivity contribution is 6.10. The topological polar surface area (TPSA) is 145 Å². The second-order valence-electron chi connectivity index (χ2n) is 11.7. The summed E-state index contributed by atoms with van der Waals surface area (Å²) in [5.41, 5.74) is 3.68. The molecule has 8 rings (SSSR count). The zero-order valence-corrected chi connectivity index (χ0v) is 26.8. The maximum atomic E-state index is 13.8. The fraction of sp³-hybridized carbons (Fsp3) is 0.128. The lowest BCUT2D eigenvalue weighted by Gasteiger charge is -2.25. The third-order valence-corrected chi connectivity index (χ3v) is 8.57. The molecule has 0 amide bonds. The van der Waals surface area contributed by atoms with Gasteiger partial charge in [-0.2, -0.15) is 0 Å². The minimum absolute atomic E-state index is 0.271. The van der Waals surface area contributed by atoms with Crippen LogP contribution < -0.4 is 0 Å². The van der Waals surface area contributed by atoms with Gasteiger partial charge in [-0.1, -0.05) is 54.6 Å². The minimum Gasteiger partial charge on any atom is -0.472 e. The first-order chi connectivity index (χ1) is 25.1. The lowest BCUT2D eigenvalue weighted by Crippen LogP contribution is -2.41. The Morgan fingerprint density at radius 2 is 1.31 bits per heavy atom. The molecule has 3 aromatic carbocycles. The van der Waals surface area contributed by atoms with E-state index in [4.69, 9.17) is 23.4 Å². The van der Waals surface area contributed by atoms with Crippen molar-refractivity contribution in [3.8, 4) is 11.3 Å². The molecule has 0 unspecified atom stereocenters. The maximum Gasteiger partial charge on any atom is 0.338 e. The molecule has 51 heavy (non-hydrogen) atoms. The monoisotopic (exact) mass is 680 g/mol. The van der Waals surface area contributed by atoms with Gasteiger partial charge in [-0.3, -0.25) is 9.55 Å². The average Bonchev–Trinajstić information content (AvgIpc) is 3.92. The third kappa shape index (κ3) is 6.08. The van der Waals surface area contributed by atoms with Gasteiger partial charge in [0.1, 0.15) is 24.7 Å². The molecule has 1 aliphatic rings. The van der Waals surface area contributed by atoms with Gasteiger partial charge in [-0.25, -0.2) is 24.4 Å². The number of hydrogen-bond acceptors (Lipinski definition) is 11.